The van der Waals surface area contributed by atoms with E-state index in [1.54, 1.807) is 13.0 Å². The van der Waals surface area contributed by atoms with Gasteiger partial charge in [0.15, 0.2) is 17.9 Å². The van der Waals surface area contributed by atoms with Gasteiger partial charge in [0, 0.05) is 10.8 Å². The van der Waals surface area contributed by atoms with Gasteiger partial charge in [-0.2, -0.15) is 0 Å². The molecule has 1 aromatic heterocycles. The Morgan fingerprint density at radius 1 is 1.10 bits per heavy atom. The Bertz CT molecular complexity index is 757. The second kappa shape index (κ2) is 5.25. The number of rotatable bonds is 4. The first-order valence-corrected chi connectivity index (χ1v) is 6.48. The number of carbonyl (C=O) groups is 1. The monoisotopic (exact) mass is 270 g/mol. The lowest BCUT2D eigenvalue weighted by Gasteiger charge is -2.05. The van der Waals surface area contributed by atoms with Gasteiger partial charge in [-0.25, -0.2) is 4.79 Å². The summed E-state index contributed by atoms with van der Waals surface area (Å²) < 4.78 is 16.1. The van der Waals surface area contributed by atoms with Crippen molar-refractivity contribution in [3.05, 3.63) is 42.5 Å². The molecule has 0 N–H and O–H groups in total. The molecule has 0 amide bonds. The van der Waals surface area contributed by atoms with Gasteiger partial charge in [-0.05, 0) is 19.1 Å². The average molecular weight is 270 g/mol. The number of hydrogen-bond donors (Lipinski definition) is 0. The summed E-state index contributed by atoms with van der Waals surface area (Å²) in [5.41, 5.74) is 1.45. The van der Waals surface area contributed by atoms with E-state index in [2.05, 4.69) is 0 Å². The summed E-state index contributed by atoms with van der Waals surface area (Å²) in [6.45, 7) is 1.99. The number of carbonyl (C=O) groups excluding carboxylic acids is 1. The fraction of sp³-hybridized carbons (Fsp3) is 0.188. The molecular weight excluding hydrogens is 256 g/mol. The van der Waals surface area contributed by atoms with E-state index in [4.69, 9.17) is 13.9 Å². The molecule has 3 rings (SSSR count). The molecule has 4 nitrogen and oxygen atoms in total. The minimum Gasteiger partial charge on any atom is -0.478 e. The lowest BCUT2D eigenvalue weighted by molar-refractivity contribution is -0.145. The van der Waals surface area contributed by atoms with Crippen LogP contribution in [0.4, 0.5) is 0 Å². The van der Waals surface area contributed by atoms with Crippen molar-refractivity contribution in [2.75, 3.05) is 13.2 Å². The van der Waals surface area contributed by atoms with Crippen molar-refractivity contribution < 1.29 is 18.7 Å². The van der Waals surface area contributed by atoms with Crippen LogP contribution in [-0.2, 0) is 9.53 Å². The van der Waals surface area contributed by atoms with Crippen LogP contribution in [0.2, 0.25) is 0 Å². The van der Waals surface area contributed by atoms with Crippen molar-refractivity contribution in [3.8, 4) is 5.75 Å². The Balaban J connectivity index is 1.97. The summed E-state index contributed by atoms with van der Waals surface area (Å²) in [5.74, 6) is 0.160. The van der Waals surface area contributed by atoms with Crippen molar-refractivity contribution in [2.24, 2.45) is 0 Å². The molecule has 20 heavy (non-hydrogen) atoms. The van der Waals surface area contributed by atoms with E-state index in [0.29, 0.717) is 17.9 Å². The van der Waals surface area contributed by atoms with Gasteiger partial charge in [0.25, 0.3) is 0 Å². The lowest BCUT2D eigenvalue weighted by Crippen LogP contribution is -2.14. The van der Waals surface area contributed by atoms with Crippen molar-refractivity contribution in [2.45, 2.75) is 6.92 Å². The fourth-order valence-corrected chi connectivity index (χ4v) is 2.17. The zero-order chi connectivity index (χ0) is 13.9. The molecule has 3 aromatic rings. The van der Waals surface area contributed by atoms with Gasteiger partial charge >= 0.3 is 5.97 Å². The lowest BCUT2D eigenvalue weighted by atomic mass is 10.1. The molecule has 0 fully saturated rings. The summed E-state index contributed by atoms with van der Waals surface area (Å²) in [4.78, 5) is 11.3. The molecule has 0 bridgehead atoms. The van der Waals surface area contributed by atoms with Crippen LogP contribution in [0.1, 0.15) is 6.92 Å². The largest absolute Gasteiger partial charge is 0.478 e. The van der Waals surface area contributed by atoms with E-state index in [0.717, 1.165) is 16.4 Å². The molecule has 0 aliphatic heterocycles. The first-order valence-electron chi connectivity index (χ1n) is 6.48. The van der Waals surface area contributed by atoms with E-state index < -0.39 is 0 Å². The van der Waals surface area contributed by atoms with Gasteiger partial charge < -0.3 is 13.9 Å². The number of ether oxygens (including phenoxy) is 2. The highest BCUT2D eigenvalue weighted by Gasteiger charge is 2.12. The maximum absolute atomic E-state index is 11.3. The van der Waals surface area contributed by atoms with Gasteiger partial charge in [0.2, 0.25) is 0 Å². The van der Waals surface area contributed by atoms with Crippen LogP contribution in [0, 0.1) is 0 Å². The molecule has 0 radical (unpaired) electrons. The summed E-state index contributed by atoms with van der Waals surface area (Å²) in [7, 11) is 0. The Morgan fingerprint density at radius 3 is 2.75 bits per heavy atom. The predicted octanol–water partition coefficient (Wildman–Crippen LogP) is 3.53. The zero-order valence-electron chi connectivity index (χ0n) is 11.1. The molecule has 4 heteroatoms. The third kappa shape index (κ3) is 2.20. The van der Waals surface area contributed by atoms with Crippen molar-refractivity contribution in [1.82, 2.24) is 0 Å². The van der Waals surface area contributed by atoms with E-state index in [1.165, 1.54) is 0 Å². The number of hydrogen-bond acceptors (Lipinski definition) is 4. The standard InChI is InChI=1S/C16H14O4/c1-2-18-15(17)10-19-14-9-5-7-12-11-6-3-4-8-13(11)20-16(12)14/h3-9H,2,10H2,1H3. The molecule has 0 unspecified atom stereocenters. The molecule has 1 heterocycles. The molecular formula is C16H14O4. The van der Waals surface area contributed by atoms with Crippen LogP contribution >= 0.6 is 0 Å². The van der Waals surface area contributed by atoms with Crippen LogP contribution in [0.3, 0.4) is 0 Å². The molecule has 102 valence electrons. The first kappa shape index (κ1) is 12.5. The quantitative estimate of drug-likeness (QED) is 0.680. The van der Waals surface area contributed by atoms with Crippen LogP contribution in [0.5, 0.6) is 5.75 Å². The van der Waals surface area contributed by atoms with Crippen molar-refractivity contribution in [3.63, 3.8) is 0 Å². The van der Waals surface area contributed by atoms with Gasteiger partial charge in [0.1, 0.15) is 5.58 Å². The van der Waals surface area contributed by atoms with Crippen LogP contribution in [0.15, 0.2) is 46.9 Å². The Morgan fingerprint density at radius 2 is 1.90 bits per heavy atom. The third-order valence-electron chi connectivity index (χ3n) is 3.02. The van der Waals surface area contributed by atoms with Gasteiger partial charge in [-0.1, -0.05) is 30.3 Å². The maximum atomic E-state index is 11.3. The summed E-state index contributed by atoms with van der Waals surface area (Å²) in [6, 6.07) is 13.4. The maximum Gasteiger partial charge on any atom is 0.344 e. The second-order valence-corrected chi connectivity index (χ2v) is 4.32. The number of esters is 1. The number of benzene rings is 2. The highest BCUT2D eigenvalue weighted by Crippen LogP contribution is 2.34. The number of furan rings is 1. The molecule has 0 spiro atoms. The van der Waals surface area contributed by atoms with E-state index in [9.17, 15) is 4.79 Å². The second-order valence-electron chi connectivity index (χ2n) is 4.32. The Hall–Kier alpha value is -2.49. The minimum absolute atomic E-state index is 0.121. The number of para-hydroxylation sites is 2. The molecule has 0 atom stereocenters. The van der Waals surface area contributed by atoms with E-state index in [-0.39, 0.29) is 12.6 Å². The normalized spacial score (nSPS) is 10.8. The van der Waals surface area contributed by atoms with Crippen LogP contribution in [-0.4, -0.2) is 19.2 Å². The van der Waals surface area contributed by atoms with Gasteiger partial charge in [-0.15, -0.1) is 0 Å². The summed E-state index contributed by atoms with van der Waals surface area (Å²) in [6.07, 6.45) is 0. The highest BCUT2D eigenvalue weighted by atomic mass is 16.6. The van der Waals surface area contributed by atoms with Crippen molar-refractivity contribution in [1.29, 1.82) is 0 Å². The molecule has 2 aromatic carbocycles. The van der Waals surface area contributed by atoms with Crippen molar-refractivity contribution >= 4 is 27.9 Å². The highest BCUT2D eigenvalue weighted by molar-refractivity contribution is 6.06. The topological polar surface area (TPSA) is 48.7 Å². The van der Waals surface area contributed by atoms with E-state index >= 15 is 0 Å². The molecule has 0 aliphatic carbocycles. The molecule has 0 aliphatic rings. The summed E-state index contributed by atoms with van der Waals surface area (Å²) >= 11 is 0. The van der Waals surface area contributed by atoms with Crippen LogP contribution in [0.25, 0.3) is 21.9 Å². The SMILES string of the molecule is CCOC(=O)COc1cccc2c1oc1ccccc12. The Kier molecular flexibility index (Phi) is 3.29. The molecule has 0 saturated carbocycles. The number of fused-ring (bicyclic) bond motifs is 3. The Labute approximate surface area is 115 Å². The van der Waals surface area contributed by atoms with Gasteiger partial charge in [-0.3, -0.25) is 0 Å². The minimum atomic E-state index is -0.388. The predicted molar refractivity (Wildman–Crippen MR) is 75.8 cm³/mol. The van der Waals surface area contributed by atoms with E-state index in [1.807, 2.05) is 36.4 Å². The third-order valence-corrected chi connectivity index (χ3v) is 3.02. The first-order chi connectivity index (χ1) is 9.79. The van der Waals surface area contributed by atoms with Crippen LogP contribution < -0.4 is 4.74 Å². The average Bonchev–Trinajstić information content (AvgIpc) is 2.84. The zero-order valence-corrected chi connectivity index (χ0v) is 11.1. The molecule has 0 saturated heterocycles. The fourth-order valence-electron chi connectivity index (χ4n) is 2.17. The smallest absolute Gasteiger partial charge is 0.344 e. The van der Waals surface area contributed by atoms with Gasteiger partial charge in [0.05, 0.1) is 6.61 Å². The summed E-state index contributed by atoms with van der Waals surface area (Å²) in [5, 5.41) is 2.01.